The van der Waals surface area contributed by atoms with E-state index < -0.39 is 16.1 Å². The molecular formula is C19H15BrN2O6S. The van der Waals surface area contributed by atoms with Crippen molar-refractivity contribution in [2.75, 3.05) is 14.2 Å². The summed E-state index contributed by atoms with van der Waals surface area (Å²) < 4.78 is 11.2. The smallest absolute Gasteiger partial charge is 0.293 e. The molecule has 1 fully saturated rings. The molecule has 0 atom stereocenters. The number of hydrogen-bond acceptors (Lipinski definition) is 7. The van der Waals surface area contributed by atoms with Crippen molar-refractivity contribution in [2.24, 2.45) is 0 Å². The van der Waals surface area contributed by atoms with E-state index in [1.54, 1.807) is 12.1 Å². The molecule has 29 heavy (non-hydrogen) atoms. The van der Waals surface area contributed by atoms with Crippen LogP contribution < -0.4 is 9.47 Å². The van der Waals surface area contributed by atoms with Crippen molar-refractivity contribution in [1.29, 1.82) is 0 Å². The number of rotatable bonds is 6. The Morgan fingerprint density at radius 3 is 2.34 bits per heavy atom. The molecule has 10 heteroatoms. The predicted molar refractivity (Wildman–Crippen MR) is 112 cm³/mol. The average molecular weight is 479 g/mol. The van der Waals surface area contributed by atoms with Gasteiger partial charge in [-0.15, -0.1) is 0 Å². The zero-order chi connectivity index (χ0) is 21.1. The minimum absolute atomic E-state index is 0.0995. The van der Waals surface area contributed by atoms with Gasteiger partial charge >= 0.3 is 0 Å². The summed E-state index contributed by atoms with van der Waals surface area (Å²) in [6.45, 7) is 0.114. The van der Waals surface area contributed by atoms with Crippen LogP contribution >= 0.6 is 27.7 Å². The maximum Gasteiger partial charge on any atom is 0.293 e. The lowest BCUT2D eigenvalue weighted by molar-refractivity contribution is -0.385. The van der Waals surface area contributed by atoms with Crippen LogP contribution in [-0.4, -0.2) is 35.2 Å². The maximum atomic E-state index is 12.7. The molecule has 2 aromatic rings. The van der Waals surface area contributed by atoms with Gasteiger partial charge in [0.2, 0.25) is 0 Å². The first kappa shape index (κ1) is 20.9. The molecule has 1 aliphatic rings. The lowest BCUT2D eigenvalue weighted by Gasteiger charge is -2.12. The van der Waals surface area contributed by atoms with Crippen LogP contribution in [0.2, 0.25) is 0 Å². The van der Waals surface area contributed by atoms with E-state index in [-0.39, 0.29) is 34.2 Å². The average Bonchev–Trinajstić information content (AvgIpc) is 2.96. The fourth-order valence-electron chi connectivity index (χ4n) is 2.71. The number of thioether (sulfide) groups is 1. The fourth-order valence-corrected chi connectivity index (χ4v) is 3.80. The Balaban J connectivity index is 1.94. The van der Waals surface area contributed by atoms with Crippen LogP contribution in [0.4, 0.5) is 10.5 Å². The highest BCUT2D eigenvalue weighted by molar-refractivity contribution is 9.10. The molecule has 0 N–H and O–H groups in total. The summed E-state index contributed by atoms with van der Waals surface area (Å²) in [6, 6.07) is 9.86. The van der Waals surface area contributed by atoms with E-state index in [1.807, 2.05) is 12.1 Å². The summed E-state index contributed by atoms with van der Waals surface area (Å²) in [5.74, 6) is -0.0369. The Hall–Kier alpha value is -2.85. The molecule has 150 valence electrons. The molecule has 0 aliphatic carbocycles. The number of nitrogens with zero attached hydrogens (tertiary/aromatic N) is 2. The third kappa shape index (κ3) is 4.43. The van der Waals surface area contributed by atoms with Crippen molar-refractivity contribution in [2.45, 2.75) is 6.54 Å². The Labute approximate surface area is 178 Å². The second kappa shape index (κ2) is 8.66. The van der Waals surface area contributed by atoms with Gasteiger partial charge in [0.25, 0.3) is 16.8 Å². The highest BCUT2D eigenvalue weighted by atomic mass is 79.9. The molecule has 3 rings (SSSR count). The van der Waals surface area contributed by atoms with Gasteiger partial charge in [-0.25, -0.2) is 0 Å². The van der Waals surface area contributed by atoms with Gasteiger partial charge in [-0.2, -0.15) is 0 Å². The molecule has 0 saturated carbocycles. The number of nitro groups is 1. The number of amides is 2. The van der Waals surface area contributed by atoms with Crippen LogP contribution in [0.1, 0.15) is 11.1 Å². The number of hydrogen-bond donors (Lipinski definition) is 0. The van der Waals surface area contributed by atoms with Crippen LogP contribution in [0.15, 0.2) is 45.8 Å². The molecule has 0 unspecified atom stereocenters. The molecule has 1 aliphatic heterocycles. The van der Waals surface area contributed by atoms with E-state index in [2.05, 4.69) is 15.9 Å². The van der Waals surface area contributed by atoms with Gasteiger partial charge in [0.15, 0.2) is 11.5 Å². The van der Waals surface area contributed by atoms with Gasteiger partial charge in [0.1, 0.15) is 0 Å². The number of carbonyl (C=O) groups is 2. The Morgan fingerprint density at radius 1 is 1.14 bits per heavy atom. The number of halogens is 1. The zero-order valence-electron chi connectivity index (χ0n) is 15.4. The van der Waals surface area contributed by atoms with E-state index >= 15 is 0 Å². The molecule has 2 amide bonds. The highest BCUT2D eigenvalue weighted by Crippen LogP contribution is 2.39. The Kier molecular flexibility index (Phi) is 6.23. The molecule has 1 saturated heterocycles. The summed E-state index contributed by atoms with van der Waals surface area (Å²) in [5, 5.41) is 11.0. The molecule has 2 aromatic carbocycles. The minimum Gasteiger partial charge on any atom is -0.493 e. The summed E-state index contributed by atoms with van der Waals surface area (Å²) in [5.41, 5.74) is 0.665. The Morgan fingerprint density at radius 2 is 1.76 bits per heavy atom. The van der Waals surface area contributed by atoms with Crippen LogP contribution in [0.5, 0.6) is 11.5 Å². The van der Waals surface area contributed by atoms with Crippen LogP contribution in [0.3, 0.4) is 0 Å². The van der Waals surface area contributed by atoms with Crippen molar-refractivity contribution in [3.05, 3.63) is 67.0 Å². The van der Waals surface area contributed by atoms with Crippen molar-refractivity contribution in [1.82, 2.24) is 4.90 Å². The predicted octanol–water partition coefficient (Wildman–Crippen LogP) is 4.61. The molecular weight excluding hydrogens is 464 g/mol. The molecule has 1 heterocycles. The first-order chi connectivity index (χ1) is 13.8. The largest absolute Gasteiger partial charge is 0.493 e. The number of imide groups is 1. The molecule has 0 radical (unpaired) electrons. The number of benzene rings is 2. The molecule has 8 nitrogen and oxygen atoms in total. The van der Waals surface area contributed by atoms with Crippen LogP contribution in [0.25, 0.3) is 6.08 Å². The number of ether oxygens (including phenoxy) is 2. The monoisotopic (exact) mass is 478 g/mol. The first-order valence-corrected chi connectivity index (χ1v) is 9.85. The normalized spacial score (nSPS) is 15.1. The second-order valence-corrected chi connectivity index (χ2v) is 7.83. The summed E-state index contributed by atoms with van der Waals surface area (Å²) in [6.07, 6.45) is 1.33. The number of carbonyl (C=O) groups excluding carboxylic acids is 2. The topological polar surface area (TPSA) is 99.0 Å². The number of nitro benzene ring substituents is 1. The van der Waals surface area contributed by atoms with E-state index in [9.17, 15) is 19.7 Å². The maximum absolute atomic E-state index is 12.7. The van der Waals surface area contributed by atoms with E-state index in [0.29, 0.717) is 0 Å². The quantitative estimate of drug-likeness (QED) is 0.339. The van der Waals surface area contributed by atoms with Gasteiger partial charge in [-0.05, 0) is 41.6 Å². The zero-order valence-corrected chi connectivity index (χ0v) is 17.8. The third-order valence-electron chi connectivity index (χ3n) is 4.14. The summed E-state index contributed by atoms with van der Waals surface area (Å²) >= 11 is 4.07. The molecule has 0 bridgehead atoms. The van der Waals surface area contributed by atoms with Crippen molar-refractivity contribution in [3.63, 3.8) is 0 Å². The van der Waals surface area contributed by atoms with E-state index in [0.717, 1.165) is 26.7 Å². The molecule has 0 spiro atoms. The fraction of sp³-hybridized carbons (Fsp3) is 0.158. The second-order valence-electron chi connectivity index (χ2n) is 5.92. The Bertz CT molecular complexity index is 1020. The van der Waals surface area contributed by atoms with E-state index in [1.165, 1.54) is 32.4 Å². The molecule has 0 aromatic heterocycles. The van der Waals surface area contributed by atoms with Gasteiger partial charge < -0.3 is 9.47 Å². The lowest BCUT2D eigenvalue weighted by Crippen LogP contribution is -2.27. The van der Waals surface area contributed by atoms with Gasteiger partial charge in [-0.1, -0.05) is 28.1 Å². The van der Waals surface area contributed by atoms with Crippen molar-refractivity contribution < 1.29 is 24.0 Å². The first-order valence-electron chi connectivity index (χ1n) is 8.24. The standard InChI is InChI=1S/C19H15BrN2O6S/c1-27-15-7-12(14(22(25)26)9-16(15)28-2)8-17-18(23)21(19(24)29-17)10-11-3-5-13(20)6-4-11/h3-9H,10H2,1-2H3. The van der Waals surface area contributed by atoms with E-state index in [4.69, 9.17) is 9.47 Å². The van der Waals surface area contributed by atoms with Gasteiger partial charge in [-0.3, -0.25) is 24.6 Å². The highest BCUT2D eigenvalue weighted by Gasteiger charge is 2.35. The van der Waals surface area contributed by atoms with Crippen LogP contribution in [0, 0.1) is 10.1 Å². The minimum atomic E-state index is -0.583. The van der Waals surface area contributed by atoms with Gasteiger partial charge in [0.05, 0.1) is 42.2 Å². The van der Waals surface area contributed by atoms with Crippen LogP contribution in [-0.2, 0) is 11.3 Å². The third-order valence-corrected chi connectivity index (χ3v) is 5.58. The lowest BCUT2D eigenvalue weighted by atomic mass is 10.1. The summed E-state index contributed by atoms with van der Waals surface area (Å²) in [7, 11) is 2.77. The van der Waals surface area contributed by atoms with Gasteiger partial charge in [0, 0.05) is 4.47 Å². The van der Waals surface area contributed by atoms with Crippen molar-refractivity contribution in [3.8, 4) is 11.5 Å². The SMILES string of the molecule is COc1cc(C=C2SC(=O)N(Cc3ccc(Br)cc3)C2=O)c([N+](=O)[O-])cc1OC. The number of methoxy groups -OCH3 is 2. The van der Waals surface area contributed by atoms with Crippen molar-refractivity contribution >= 4 is 50.6 Å². The summed E-state index contributed by atoms with van der Waals surface area (Å²) in [4.78, 5) is 37.1.